The van der Waals surface area contributed by atoms with Crippen LogP contribution in [-0.4, -0.2) is 21.0 Å². The molecule has 4 rings (SSSR count). The summed E-state index contributed by atoms with van der Waals surface area (Å²) in [6.07, 6.45) is 0.860. The molecule has 1 aliphatic heterocycles. The minimum absolute atomic E-state index is 0.0536. The Balaban J connectivity index is 1.66. The first-order chi connectivity index (χ1) is 13.8. The number of nitrogens with zero attached hydrogens (tertiary/aromatic N) is 2. The van der Waals surface area contributed by atoms with Gasteiger partial charge in [-0.05, 0) is 43.2 Å². The summed E-state index contributed by atoms with van der Waals surface area (Å²) in [5, 5.41) is 3.75. The molecule has 2 aromatic carbocycles. The third-order valence-corrected chi connectivity index (χ3v) is 5.82. The number of para-hydroxylation sites is 1. The molecule has 0 bridgehead atoms. The van der Waals surface area contributed by atoms with E-state index >= 15 is 0 Å². The van der Waals surface area contributed by atoms with Gasteiger partial charge >= 0.3 is 0 Å². The van der Waals surface area contributed by atoms with Gasteiger partial charge in [-0.1, -0.05) is 53.6 Å². The Morgan fingerprint density at radius 3 is 2.76 bits per heavy atom. The van der Waals surface area contributed by atoms with E-state index in [4.69, 9.17) is 41.2 Å². The first-order valence-corrected chi connectivity index (χ1v) is 10.0. The Morgan fingerprint density at radius 2 is 2.03 bits per heavy atom. The second-order valence-electron chi connectivity index (χ2n) is 6.78. The summed E-state index contributed by atoms with van der Waals surface area (Å²) in [6.45, 7) is 2.07. The molecule has 0 saturated heterocycles. The molecule has 3 aromatic rings. The van der Waals surface area contributed by atoms with Crippen molar-refractivity contribution in [2.75, 3.05) is 16.0 Å². The van der Waals surface area contributed by atoms with Gasteiger partial charge in [0.15, 0.2) is 0 Å². The Kier molecular flexibility index (Phi) is 5.21. The number of benzene rings is 2. The van der Waals surface area contributed by atoms with E-state index in [0.29, 0.717) is 21.7 Å². The van der Waals surface area contributed by atoms with Crippen LogP contribution >= 0.6 is 35.4 Å². The number of nitrogens with two attached hydrogens (primary N) is 1. The number of nitrogens with one attached hydrogen (secondary N) is 2. The predicted octanol–water partition coefficient (Wildman–Crippen LogP) is 4.53. The number of H-pyrrole nitrogens is 1. The zero-order valence-electron chi connectivity index (χ0n) is 15.4. The summed E-state index contributed by atoms with van der Waals surface area (Å²) in [6, 6.07) is 13.1. The van der Waals surface area contributed by atoms with Gasteiger partial charge in [-0.15, -0.1) is 0 Å². The zero-order valence-corrected chi connectivity index (χ0v) is 17.7. The number of aromatic nitrogens is 2. The number of nitrogen functional groups attached to an aromatic ring is 1. The molecule has 0 radical (unpaired) electrons. The number of hydrogen-bond acceptors (Lipinski definition) is 5. The standard InChI is InChI=1S/C20H17Cl2N5OS/c1-10-8-11-4-2-3-5-15(11)27(10)20-25-17(23)16(18(28)26-20)19(29)24-12-6-7-13(21)14(22)9-12/h2-7,9-10H,8H2,1H3,(H,24,29)(H3,23,25,26,28). The van der Waals surface area contributed by atoms with Crippen molar-refractivity contribution in [3.63, 3.8) is 0 Å². The molecule has 1 atom stereocenters. The molecule has 6 nitrogen and oxygen atoms in total. The van der Waals surface area contributed by atoms with Crippen LogP contribution in [0.15, 0.2) is 47.3 Å². The van der Waals surface area contributed by atoms with E-state index in [2.05, 4.69) is 28.3 Å². The third kappa shape index (κ3) is 3.69. The maximum atomic E-state index is 12.8. The van der Waals surface area contributed by atoms with Gasteiger partial charge in [0.1, 0.15) is 16.4 Å². The van der Waals surface area contributed by atoms with Crippen LogP contribution in [0.25, 0.3) is 0 Å². The Morgan fingerprint density at radius 1 is 1.28 bits per heavy atom. The molecule has 0 saturated carbocycles. The second kappa shape index (κ2) is 7.67. The van der Waals surface area contributed by atoms with E-state index in [1.54, 1.807) is 18.2 Å². The summed E-state index contributed by atoms with van der Waals surface area (Å²) in [5.74, 6) is 0.448. The van der Waals surface area contributed by atoms with Gasteiger partial charge in [0.05, 0.1) is 10.0 Å². The van der Waals surface area contributed by atoms with E-state index in [-0.39, 0.29) is 22.4 Å². The van der Waals surface area contributed by atoms with E-state index in [9.17, 15) is 4.79 Å². The van der Waals surface area contributed by atoms with Crippen LogP contribution in [0.4, 0.5) is 23.1 Å². The van der Waals surface area contributed by atoms with Crippen molar-refractivity contribution < 1.29 is 0 Å². The van der Waals surface area contributed by atoms with Crippen molar-refractivity contribution in [2.45, 2.75) is 19.4 Å². The molecule has 1 aliphatic rings. The Hall–Kier alpha value is -2.61. The Bertz CT molecular complexity index is 1180. The lowest BCUT2D eigenvalue weighted by Crippen LogP contribution is -2.31. The van der Waals surface area contributed by atoms with Crippen molar-refractivity contribution >= 4 is 63.5 Å². The van der Waals surface area contributed by atoms with Crippen LogP contribution in [0.3, 0.4) is 0 Å². The lowest BCUT2D eigenvalue weighted by Gasteiger charge is -2.23. The quantitative estimate of drug-likeness (QED) is 0.513. The highest BCUT2D eigenvalue weighted by atomic mass is 35.5. The highest BCUT2D eigenvalue weighted by Gasteiger charge is 2.29. The van der Waals surface area contributed by atoms with E-state index in [1.807, 2.05) is 23.1 Å². The highest BCUT2D eigenvalue weighted by Crippen LogP contribution is 2.36. The number of thiocarbonyl (C=S) groups is 1. The molecule has 9 heteroatoms. The summed E-state index contributed by atoms with van der Waals surface area (Å²) < 4.78 is 0. The molecule has 4 N–H and O–H groups in total. The van der Waals surface area contributed by atoms with E-state index < -0.39 is 5.56 Å². The summed E-state index contributed by atoms with van der Waals surface area (Å²) in [4.78, 5) is 22.2. The van der Waals surface area contributed by atoms with Gasteiger partial charge in [-0.2, -0.15) is 4.98 Å². The molecular weight excluding hydrogens is 429 g/mol. The number of hydrogen-bond donors (Lipinski definition) is 3. The van der Waals surface area contributed by atoms with Crippen molar-refractivity contribution in [1.29, 1.82) is 0 Å². The van der Waals surface area contributed by atoms with Gasteiger partial charge in [0.25, 0.3) is 5.56 Å². The molecule has 0 spiro atoms. The largest absolute Gasteiger partial charge is 0.383 e. The molecule has 0 amide bonds. The fraction of sp³-hybridized carbons (Fsp3) is 0.150. The third-order valence-electron chi connectivity index (χ3n) is 4.77. The maximum absolute atomic E-state index is 12.8. The molecule has 1 aromatic heterocycles. The smallest absolute Gasteiger partial charge is 0.264 e. The monoisotopic (exact) mass is 445 g/mol. The van der Waals surface area contributed by atoms with Gasteiger partial charge in [-0.25, -0.2) is 0 Å². The zero-order chi connectivity index (χ0) is 20.7. The van der Waals surface area contributed by atoms with Crippen LogP contribution in [0.1, 0.15) is 18.1 Å². The van der Waals surface area contributed by atoms with Crippen molar-refractivity contribution in [2.24, 2.45) is 0 Å². The molecule has 2 heterocycles. The van der Waals surface area contributed by atoms with Gasteiger partial charge in [0.2, 0.25) is 5.95 Å². The fourth-order valence-electron chi connectivity index (χ4n) is 3.47. The molecule has 1 unspecified atom stereocenters. The van der Waals surface area contributed by atoms with Gasteiger partial charge in [0, 0.05) is 17.4 Å². The van der Waals surface area contributed by atoms with E-state index in [0.717, 1.165) is 12.1 Å². The van der Waals surface area contributed by atoms with Crippen LogP contribution < -0.4 is 21.5 Å². The minimum atomic E-state index is -0.415. The summed E-state index contributed by atoms with van der Waals surface area (Å²) in [5.41, 5.74) is 8.62. The van der Waals surface area contributed by atoms with Crippen LogP contribution in [0, 0.1) is 0 Å². The minimum Gasteiger partial charge on any atom is -0.383 e. The highest BCUT2D eigenvalue weighted by molar-refractivity contribution is 7.81. The maximum Gasteiger partial charge on any atom is 0.264 e. The molecule has 0 fully saturated rings. The lowest BCUT2D eigenvalue weighted by atomic mass is 10.1. The second-order valence-corrected chi connectivity index (χ2v) is 8.01. The summed E-state index contributed by atoms with van der Waals surface area (Å²) in [7, 11) is 0. The first kappa shape index (κ1) is 19.7. The van der Waals surface area contributed by atoms with Gasteiger partial charge in [-0.3, -0.25) is 9.78 Å². The average Bonchev–Trinajstić information content (AvgIpc) is 2.99. The number of rotatable bonds is 3. The number of aromatic amines is 1. The number of anilines is 4. The van der Waals surface area contributed by atoms with Gasteiger partial charge < -0.3 is 16.0 Å². The lowest BCUT2D eigenvalue weighted by molar-refractivity contribution is 0.738. The van der Waals surface area contributed by atoms with Crippen molar-refractivity contribution in [3.05, 3.63) is 74.0 Å². The normalized spacial score (nSPS) is 15.3. The van der Waals surface area contributed by atoms with Crippen LogP contribution in [-0.2, 0) is 6.42 Å². The number of fused-ring (bicyclic) bond motifs is 1. The van der Waals surface area contributed by atoms with Crippen molar-refractivity contribution in [3.8, 4) is 0 Å². The number of halogens is 2. The van der Waals surface area contributed by atoms with E-state index in [1.165, 1.54) is 5.56 Å². The van der Waals surface area contributed by atoms with Crippen LogP contribution in [0.5, 0.6) is 0 Å². The molecule has 0 aliphatic carbocycles. The predicted molar refractivity (Wildman–Crippen MR) is 123 cm³/mol. The first-order valence-electron chi connectivity index (χ1n) is 8.88. The molecule has 29 heavy (non-hydrogen) atoms. The fourth-order valence-corrected chi connectivity index (χ4v) is 4.08. The molecule has 148 valence electrons. The summed E-state index contributed by atoms with van der Waals surface area (Å²) >= 11 is 17.3. The SMILES string of the molecule is CC1Cc2ccccc2N1c1nc(N)c(C(=S)Nc2ccc(Cl)c(Cl)c2)c(=O)[nH]1. The average molecular weight is 446 g/mol. The van der Waals surface area contributed by atoms with Crippen molar-refractivity contribution in [1.82, 2.24) is 9.97 Å². The molecular formula is C20H17Cl2N5OS. The van der Waals surface area contributed by atoms with Crippen LogP contribution in [0.2, 0.25) is 10.0 Å². The topological polar surface area (TPSA) is 87.0 Å². The Labute approximate surface area is 182 Å².